The molecular formula is C16H27N3O2. The van der Waals surface area contributed by atoms with E-state index in [1.54, 1.807) is 7.11 Å². The van der Waals surface area contributed by atoms with Crippen molar-refractivity contribution in [1.29, 1.82) is 0 Å². The Bertz CT molecular complexity index is 430. The molecule has 1 unspecified atom stereocenters. The lowest BCUT2D eigenvalue weighted by molar-refractivity contribution is -0.115. The summed E-state index contributed by atoms with van der Waals surface area (Å²) in [6.45, 7) is 5.53. The molecule has 0 saturated heterocycles. The molecule has 118 valence electrons. The Morgan fingerprint density at radius 1 is 1.24 bits per heavy atom. The van der Waals surface area contributed by atoms with Gasteiger partial charge in [-0.1, -0.05) is 13.8 Å². The van der Waals surface area contributed by atoms with E-state index in [-0.39, 0.29) is 5.91 Å². The number of ether oxygens (including phenoxy) is 1. The fraction of sp³-hybridized carbons (Fsp3) is 0.562. The second-order valence-corrected chi connectivity index (χ2v) is 5.77. The summed E-state index contributed by atoms with van der Waals surface area (Å²) in [7, 11) is 5.69. The summed E-state index contributed by atoms with van der Waals surface area (Å²) in [5.74, 6) is 1.21. The van der Waals surface area contributed by atoms with Gasteiger partial charge in [0.05, 0.1) is 13.7 Å². The molecule has 0 spiro atoms. The summed E-state index contributed by atoms with van der Waals surface area (Å²) >= 11 is 0. The molecule has 0 bridgehead atoms. The average molecular weight is 293 g/mol. The van der Waals surface area contributed by atoms with Crippen LogP contribution in [0.1, 0.15) is 13.8 Å². The van der Waals surface area contributed by atoms with E-state index in [1.165, 1.54) is 0 Å². The van der Waals surface area contributed by atoms with Crippen LogP contribution >= 0.6 is 0 Å². The number of carbonyl (C=O) groups is 1. The van der Waals surface area contributed by atoms with E-state index in [2.05, 4.69) is 29.4 Å². The van der Waals surface area contributed by atoms with Crippen LogP contribution in [-0.2, 0) is 4.79 Å². The van der Waals surface area contributed by atoms with Gasteiger partial charge < -0.3 is 20.3 Å². The van der Waals surface area contributed by atoms with Gasteiger partial charge in [0, 0.05) is 18.3 Å². The molecule has 0 aliphatic carbocycles. The SMILES string of the molecule is COc1ccc(NC(=O)CNC(CN(C)C)C(C)C)cc1. The van der Waals surface area contributed by atoms with Gasteiger partial charge >= 0.3 is 0 Å². The predicted octanol–water partition coefficient (Wildman–Crippen LogP) is 1.81. The van der Waals surface area contributed by atoms with Crippen molar-refractivity contribution in [3.05, 3.63) is 24.3 Å². The zero-order chi connectivity index (χ0) is 15.8. The first-order valence-corrected chi connectivity index (χ1v) is 7.24. The van der Waals surface area contributed by atoms with Crippen molar-refractivity contribution in [3.63, 3.8) is 0 Å². The predicted molar refractivity (Wildman–Crippen MR) is 86.8 cm³/mol. The molecule has 1 amide bonds. The summed E-state index contributed by atoms with van der Waals surface area (Å²) in [6.07, 6.45) is 0. The van der Waals surface area contributed by atoms with E-state index in [4.69, 9.17) is 4.74 Å². The molecule has 2 N–H and O–H groups in total. The zero-order valence-electron chi connectivity index (χ0n) is 13.6. The lowest BCUT2D eigenvalue weighted by Crippen LogP contribution is -2.45. The fourth-order valence-corrected chi connectivity index (χ4v) is 2.01. The van der Waals surface area contributed by atoms with Crippen LogP contribution in [0.15, 0.2) is 24.3 Å². The van der Waals surface area contributed by atoms with Gasteiger partial charge in [-0.2, -0.15) is 0 Å². The Balaban J connectivity index is 2.44. The molecule has 0 radical (unpaired) electrons. The number of carbonyl (C=O) groups excluding carboxylic acids is 1. The molecule has 0 heterocycles. The standard InChI is InChI=1S/C16H27N3O2/c1-12(2)15(11-19(3)4)17-10-16(20)18-13-6-8-14(21-5)9-7-13/h6-9,12,15,17H,10-11H2,1-5H3,(H,18,20). The Kier molecular flexibility index (Phi) is 7.19. The largest absolute Gasteiger partial charge is 0.497 e. The molecule has 1 atom stereocenters. The van der Waals surface area contributed by atoms with Crippen LogP contribution in [0, 0.1) is 5.92 Å². The first kappa shape index (κ1) is 17.5. The maximum absolute atomic E-state index is 12.0. The number of hydrogen-bond acceptors (Lipinski definition) is 4. The third-order valence-electron chi connectivity index (χ3n) is 3.27. The van der Waals surface area contributed by atoms with Gasteiger partial charge in [0.1, 0.15) is 5.75 Å². The molecule has 5 heteroatoms. The smallest absolute Gasteiger partial charge is 0.238 e. The third-order valence-corrected chi connectivity index (χ3v) is 3.27. The quantitative estimate of drug-likeness (QED) is 0.767. The Hall–Kier alpha value is -1.59. The number of methoxy groups -OCH3 is 1. The van der Waals surface area contributed by atoms with Crippen LogP contribution in [0.25, 0.3) is 0 Å². The summed E-state index contributed by atoms with van der Waals surface area (Å²) in [6, 6.07) is 7.60. The molecule has 0 aromatic heterocycles. The van der Waals surface area contributed by atoms with Crippen molar-refractivity contribution >= 4 is 11.6 Å². The lowest BCUT2D eigenvalue weighted by Gasteiger charge is -2.25. The van der Waals surface area contributed by atoms with E-state index in [9.17, 15) is 4.79 Å². The highest BCUT2D eigenvalue weighted by atomic mass is 16.5. The van der Waals surface area contributed by atoms with Gasteiger partial charge in [-0.25, -0.2) is 0 Å². The number of likely N-dealkylation sites (N-methyl/N-ethyl adjacent to an activating group) is 1. The van der Waals surface area contributed by atoms with Crippen LogP contribution in [-0.4, -0.2) is 51.1 Å². The highest BCUT2D eigenvalue weighted by molar-refractivity contribution is 5.92. The first-order valence-electron chi connectivity index (χ1n) is 7.24. The van der Waals surface area contributed by atoms with Crippen molar-refractivity contribution in [2.75, 3.05) is 39.6 Å². The van der Waals surface area contributed by atoms with Crippen molar-refractivity contribution in [2.24, 2.45) is 5.92 Å². The van der Waals surface area contributed by atoms with Gasteiger partial charge in [-0.15, -0.1) is 0 Å². The van der Waals surface area contributed by atoms with Gasteiger partial charge in [-0.05, 0) is 44.3 Å². The van der Waals surface area contributed by atoms with Crippen molar-refractivity contribution in [3.8, 4) is 5.75 Å². The second kappa shape index (κ2) is 8.64. The molecule has 21 heavy (non-hydrogen) atoms. The van der Waals surface area contributed by atoms with Crippen molar-refractivity contribution in [1.82, 2.24) is 10.2 Å². The average Bonchev–Trinajstić information content (AvgIpc) is 2.43. The number of rotatable bonds is 8. The first-order chi connectivity index (χ1) is 9.92. The topological polar surface area (TPSA) is 53.6 Å². The summed E-state index contributed by atoms with van der Waals surface area (Å²) < 4.78 is 5.09. The minimum atomic E-state index is -0.0374. The third kappa shape index (κ3) is 6.60. The van der Waals surface area contributed by atoms with Gasteiger partial charge in [0.15, 0.2) is 0 Å². The van der Waals surface area contributed by atoms with E-state index >= 15 is 0 Å². The van der Waals surface area contributed by atoms with Gasteiger partial charge in [-0.3, -0.25) is 4.79 Å². The van der Waals surface area contributed by atoms with E-state index < -0.39 is 0 Å². The van der Waals surface area contributed by atoms with Crippen LogP contribution < -0.4 is 15.4 Å². The van der Waals surface area contributed by atoms with Crippen LogP contribution in [0.2, 0.25) is 0 Å². The Labute approximate surface area is 127 Å². The fourth-order valence-electron chi connectivity index (χ4n) is 2.01. The normalized spacial score (nSPS) is 12.5. The number of anilines is 1. The van der Waals surface area contributed by atoms with Crippen LogP contribution in [0.5, 0.6) is 5.75 Å². The molecule has 0 aliphatic rings. The minimum absolute atomic E-state index is 0.0374. The molecule has 5 nitrogen and oxygen atoms in total. The Morgan fingerprint density at radius 3 is 2.33 bits per heavy atom. The molecular weight excluding hydrogens is 266 g/mol. The Morgan fingerprint density at radius 2 is 1.86 bits per heavy atom. The highest BCUT2D eigenvalue weighted by Crippen LogP contribution is 2.14. The summed E-state index contributed by atoms with van der Waals surface area (Å²) in [5, 5.41) is 6.18. The molecule has 1 rings (SSSR count). The van der Waals surface area contributed by atoms with E-state index in [0.29, 0.717) is 18.5 Å². The highest BCUT2D eigenvalue weighted by Gasteiger charge is 2.15. The van der Waals surface area contributed by atoms with Gasteiger partial charge in [0.2, 0.25) is 5.91 Å². The van der Waals surface area contributed by atoms with Gasteiger partial charge in [0.25, 0.3) is 0 Å². The number of amides is 1. The lowest BCUT2D eigenvalue weighted by atomic mass is 10.0. The summed E-state index contributed by atoms with van der Waals surface area (Å²) in [5.41, 5.74) is 0.774. The second-order valence-electron chi connectivity index (χ2n) is 5.77. The molecule has 0 saturated carbocycles. The molecule has 0 aliphatic heterocycles. The number of benzene rings is 1. The van der Waals surface area contributed by atoms with Crippen molar-refractivity contribution < 1.29 is 9.53 Å². The maximum Gasteiger partial charge on any atom is 0.238 e. The number of hydrogen-bond donors (Lipinski definition) is 2. The van der Waals surface area contributed by atoms with Crippen molar-refractivity contribution in [2.45, 2.75) is 19.9 Å². The summed E-state index contributed by atoms with van der Waals surface area (Å²) in [4.78, 5) is 14.1. The van der Waals surface area contributed by atoms with Crippen LogP contribution in [0.3, 0.4) is 0 Å². The van der Waals surface area contributed by atoms with E-state index in [0.717, 1.165) is 18.0 Å². The van der Waals surface area contributed by atoms with E-state index in [1.807, 2.05) is 38.4 Å². The zero-order valence-corrected chi connectivity index (χ0v) is 13.6. The molecule has 1 aromatic carbocycles. The minimum Gasteiger partial charge on any atom is -0.497 e. The monoisotopic (exact) mass is 293 g/mol. The maximum atomic E-state index is 12.0. The number of nitrogens with zero attached hydrogens (tertiary/aromatic N) is 1. The molecule has 1 aromatic rings. The number of nitrogens with one attached hydrogen (secondary N) is 2. The molecule has 0 fully saturated rings. The van der Waals surface area contributed by atoms with Crippen LogP contribution in [0.4, 0.5) is 5.69 Å².